The van der Waals surface area contributed by atoms with E-state index >= 15 is 0 Å². The number of hydrogen-bond donors (Lipinski definition) is 2. The molecule has 1 unspecified atom stereocenters. The molecule has 4 nitrogen and oxygen atoms in total. The van der Waals surface area contributed by atoms with Crippen molar-refractivity contribution in [2.24, 2.45) is 0 Å². The fraction of sp³-hybridized carbons (Fsp3) is 1.00. The largest absolute Gasteiger partial charge is 0.313 e. The Hall–Kier alpha value is -0.270. The van der Waals surface area contributed by atoms with Gasteiger partial charge in [0.1, 0.15) is 0 Å². The second-order valence-corrected chi connectivity index (χ2v) is 5.17. The average molecular weight is 228 g/mol. The Bertz CT molecular complexity index is 263. The van der Waals surface area contributed by atoms with E-state index in [4.69, 9.17) is 0 Å². The van der Waals surface area contributed by atoms with E-state index in [1.165, 1.54) is 0 Å². The molecular weight excluding hydrogens is 214 g/mol. The topological polar surface area (TPSA) is 58.2 Å². The highest BCUT2D eigenvalue weighted by Gasteiger charge is 2.22. The SMILES string of the molecule is O=S(=O)(CC1CCCN1)NCC(F)F. The molecule has 1 heterocycles. The van der Waals surface area contributed by atoms with Crippen LogP contribution in [-0.2, 0) is 10.0 Å². The van der Waals surface area contributed by atoms with E-state index < -0.39 is 23.0 Å². The molecule has 1 saturated heterocycles. The normalized spacial score (nSPS) is 23.2. The summed E-state index contributed by atoms with van der Waals surface area (Å²) in [5, 5.41) is 2.99. The molecule has 7 heteroatoms. The highest BCUT2D eigenvalue weighted by Crippen LogP contribution is 2.06. The quantitative estimate of drug-likeness (QED) is 0.692. The third-order valence-electron chi connectivity index (χ3n) is 2.04. The number of rotatable bonds is 5. The van der Waals surface area contributed by atoms with E-state index in [2.05, 4.69) is 5.32 Å². The first kappa shape index (κ1) is 11.8. The van der Waals surface area contributed by atoms with Gasteiger partial charge in [0.25, 0.3) is 6.43 Å². The van der Waals surface area contributed by atoms with Crippen molar-refractivity contribution in [1.29, 1.82) is 0 Å². The molecule has 0 aliphatic carbocycles. The molecule has 0 amide bonds. The summed E-state index contributed by atoms with van der Waals surface area (Å²) in [6.07, 6.45) is -0.911. The van der Waals surface area contributed by atoms with Gasteiger partial charge in [-0.3, -0.25) is 0 Å². The van der Waals surface area contributed by atoms with Gasteiger partial charge in [0, 0.05) is 6.04 Å². The standard InChI is InChI=1S/C7H14F2N2O2S/c8-7(9)4-11-14(12,13)5-6-2-1-3-10-6/h6-7,10-11H,1-5H2. The summed E-state index contributed by atoms with van der Waals surface area (Å²) in [7, 11) is -3.55. The molecule has 0 aromatic heterocycles. The average Bonchev–Trinajstić information content (AvgIpc) is 2.53. The van der Waals surface area contributed by atoms with Crippen molar-refractivity contribution in [2.75, 3.05) is 18.8 Å². The smallest absolute Gasteiger partial charge is 0.251 e. The van der Waals surface area contributed by atoms with Crippen LogP contribution in [0.2, 0.25) is 0 Å². The van der Waals surface area contributed by atoms with Gasteiger partial charge in [0.05, 0.1) is 12.3 Å². The molecule has 0 spiro atoms. The Kier molecular flexibility index (Phi) is 4.21. The summed E-state index contributed by atoms with van der Waals surface area (Å²) >= 11 is 0. The molecule has 0 radical (unpaired) electrons. The van der Waals surface area contributed by atoms with Crippen LogP contribution in [-0.4, -0.2) is 39.7 Å². The zero-order valence-electron chi connectivity index (χ0n) is 7.67. The van der Waals surface area contributed by atoms with Gasteiger partial charge in [-0.05, 0) is 19.4 Å². The number of sulfonamides is 1. The monoisotopic (exact) mass is 228 g/mol. The maximum absolute atomic E-state index is 11.7. The predicted octanol–water partition coefficient (Wildman–Crippen LogP) is -0.0771. The summed E-state index contributed by atoms with van der Waals surface area (Å²) < 4.78 is 47.8. The van der Waals surface area contributed by atoms with E-state index in [0.717, 1.165) is 19.4 Å². The second kappa shape index (κ2) is 4.99. The number of nitrogens with one attached hydrogen (secondary N) is 2. The maximum atomic E-state index is 11.7. The molecule has 14 heavy (non-hydrogen) atoms. The molecule has 1 aliphatic rings. The molecule has 84 valence electrons. The van der Waals surface area contributed by atoms with Crippen LogP contribution < -0.4 is 10.0 Å². The first-order valence-corrected chi connectivity index (χ1v) is 6.14. The maximum Gasteiger partial charge on any atom is 0.251 e. The number of halogens is 2. The molecule has 0 saturated carbocycles. The molecular formula is C7H14F2N2O2S. The van der Waals surface area contributed by atoms with Crippen molar-refractivity contribution < 1.29 is 17.2 Å². The Balaban J connectivity index is 2.33. The minimum Gasteiger partial charge on any atom is -0.313 e. The molecule has 0 bridgehead atoms. The minimum absolute atomic E-state index is 0.0924. The van der Waals surface area contributed by atoms with Crippen molar-refractivity contribution in [3.8, 4) is 0 Å². The van der Waals surface area contributed by atoms with E-state index in [1.807, 2.05) is 4.72 Å². The van der Waals surface area contributed by atoms with Crippen molar-refractivity contribution in [3.05, 3.63) is 0 Å². The highest BCUT2D eigenvalue weighted by molar-refractivity contribution is 7.89. The van der Waals surface area contributed by atoms with Gasteiger partial charge >= 0.3 is 0 Å². The summed E-state index contributed by atoms with van der Waals surface area (Å²) in [6.45, 7) is 0.00405. The van der Waals surface area contributed by atoms with E-state index in [0.29, 0.717) is 0 Å². The first-order valence-electron chi connectivity index (χ1n) is 4.48. The van der Waals surface area contributed by atoms with Gasteiger partial charge in [-0.15, -0.1) is 0 Å². The molecule has 1 rings (SSSR count). The second-order valence-electron chi connectivity index (χ2n) is 3.31. The van der Waals surface area contributed by atoms with Gasteiger partial charge in [-0.25, -0.2) is 21.9 Å². The molecule has 0 aromatic rings. The lowest BCUT2D eigenvalue weighted by Crippen LogP contribution is -2.38. The molecule has 1 fully saturated rings. The fourth-order valence-electron chi connectivity index (χ4n) is 1.41. The minimum atomic E-state index is -3.55. The van der Waals surface area contributed by atoms with Gasteiger partial charge in [-0.1, -0.05) is 0 Å². The zero-order chi connectivity index (χ0) is 10.6. The van der Waals surface area contributed by atoms with E-state index in [-0.39, 0.29) is 11.8 Å². The van der Waals surface area contributed by atoms with Gasteiger partial charge in [0.2, 0.25) is 10.0 Å². The highest BCUT2D eigenvalue weighted by atomic mass is 32.2. The third kappa shape index (κ3) is 4.30. The van der Waals surface area contributed by atoms with E-state index in [9.17, 15) is 17.2 Å². The molecule has 1 atom stereocenters. The van der Waals surface area contributed by atoms with Crippen molar-refractivity contribution in [2.45, 2.75) is 25.3 Å². The van der Waals surface area contributed by atoms with Crippen LogP contribution in [0.3, 0.4) is 0 Å². The van der Waals surface area contributed by atoms with Crippen molar-refractivity contribution in [1.82, 2.24) is 10.0 Å². The fourth-order valence-corrected chi connectivity index (χ4v) is 2.72. The summed E-state index contributed by atoms with van der Waals surface area (Å²) in [5.74, 6) is -0.111. The van der Waals surface area contributed by atoms with E-state index in [1.54, 1.807) is 0 Å². The van der Waals surface area contributed by atoms with Crippen molar-refractivity contribution >= 4 is 10.0 Å². The number of hydrogen-bond acceptors (Lipinski definition) is 3. The Morgan fingerprint density at radius 1 is 1.50 bits per heavy atom. The van der Waals surface area contributed by atoms with Crippen LogP contribution in [0.5, 0.6) is 0 Å². The Morgan fingerprint density at radius 3 is 2.71 bits per heavy atom. The van der Waals surface area contributed by atoms with Crippen LogP contribution >= 0.6 is 0 Å². The molecule has 0 aromatic carbocycles. The van der Waals surface area contributed by atoms with Crippen LogP contribution in [0.25, 0.3) is 0 Å². The zero-order valence-corrected chi connectivity index (χ0v) is 8.49. The Labute approximate surface area is 82.1 Å². The van der Waals surface area contributed by atoms with Gasteiger partial charge in [-0.2, -0.15) is 0 Å². The lowest BCUT2D eigenvalue weighted by Gasteiger charge is -2.11. The first-order chi connectivity index (χ1) is 6.49. The van der Waals surface area contributed by atoms with Crippen LogP contribution in [0.4, 0.5) is 8.78 Å². The summed E-state index contributed by atoms with van der Waals surface area (Å²) in [6, 6.07) is -0.0924. The predicted molar refractivity (Wildman–Crippen MR) is 48.8 cm³/mol. The van der Waals surface area contributed by atoms with Crippen LogP contribution in [0.1, 0.15) is 12.8 Å². The molecule has 2 N–H and O–H groups in total. The number of alkyl halides is 2. The Morgan fingerprint density at radius 2 is 2.21 bits per heavy atom. The van der Waals surface area contributed by atoms with Crippen LogP contribution in [0, 0.1) is 0 Å². The lowest BCUT2D eigenvalue weighted by atomic mass is 10.3. The van der Waals surface area contributed by atoms with Crippen molar-refractivity contribution in [3.63, 3.8) is 0 Å². The molecule has 1 aliphatic heterocycles. The lowest BCUT2D eigenvalue weighted by molar-refractivity contribution is 0.153. The van der Waals surface area contributed by atoms with Gasteiger partial charge < -0.3 is 5.32 Å². The van der Waals surface area contributed by atoms with Crippen LogP contribution in [0.15, 0.2) is 0 Å². The summed E-state index contributed by atoms with van der Waals surface area (Å²) in [5.41, 5.74) is 0. The third-order valence-corrected chi connectivity index (χ3v) is 3.49. The van der Waals surface area contributed by atoms with Gasteiger partial charge in [0.15, 0.2) is 0 Å². The summed E-state index contributed by atoms with van der Waals surface area (Å²) in [4.78, 5) is 0.